The Balaban J connectivity index is 1.29. The molecular weight excluding hydrogens is 352 g/mol. The third-order valence-electron chi connectivity index (χ3n) is 3.45. The first-order chi connectivity index (χ1) is 10.8. The van der Waals surface area contributed by atoms with Crippen molar-refractivity contribution in [3.63, 3.8) is 0 Å². The summed E-state index contributed by atoms with van der Waals surface area (Å²) in [6, 6.07) is 0. The van der Waals surface area contributed by atoms with Crippen LogP contribution in [-0.2, 0) is 14.3 Å². The van der Waals surface area contributed by atoms with Crippen LogP contribution in [0.4, 0.5) is 5.95 Å². The fourth-order valence-corrected chi connectivity index (χ4v) is 2.46. The van der Waals surface area contributed by atoms with Gasteiger partial charge in [-0.15, -0.1) is 0 Å². The molecule has 2 fully saturated rings. The Morgan fingerprint density at radius 3 is 2.82 bits per heavy atom. The average molecular weight is 371 g/mol. The molecule has 22 heavy (non-hydrogen) atoms. The molecule has 0 radical (unpaired) electrons. The van der Waals surface area contributed by atoms with Crippen molar-refractivity contribution in [2.45, 2.75) is 25.6 Å². The van der Waals surface area contributed by atoms with Crippen molar-refractivity contribution >= 4 is 27.6 Å². The molecule has 0 spiro atoms. The van der Waals surface area contributed by atoms with Crippen LogP contribution in [0.1, 0.15) is 19.3 Å². The molecule has 0 aliphatic carbocycles. The first-order valence-corrected chi connectivity index (χ1v) is 8.24. The molecule has 3 heterocycles. The van der Waals surface area contributed by atoms with E-state index in [4.69, 9.17) is 14.3 Å². The van der Waals surface area contributed by atoms with Crippen molar-refractivity contribution < 1.29 is 14.3 Å². The largest absolute Gasteiger partial charge is 0.393 e. The third-order valence-corrected chi connectivity index (χ3v) is 3.86. The Hall–Kier alpha value is -1.25. The maximum atomic E-state index is 5.57. The Kier molecular flexibility index (Phi) is 5.58. The lowest BCUT2D eigenvalue weighted by molar-refractivity contribution is -0.169. The molecule has 7 nitrogen and oxygen atoms in total. The lowest BCUT2D eigenvalue weighted by Gasteiger charge is -2.31. The van der Waals surface area contributed by atoms with E-state index in [9.17, 15) is 0 Å². The summed E-state index contributed by atoms with van der Waals surface area (Å²) in [6.45, 7) is 3.14. The second-order valence-electron chi connectivity index (χ2n) is 5.22. The molecule has 0 aromatic carbocycles. The normalized spacial score (nSPS) is 21.4. The first kappa shape index (κ1) is 15.6. The summed E-state index contributed by atoms with van der Waals surface area (Å²) in [6.07, 6.45) is 6.66. The second kappa shape index (κ2) is 7.85. The van der Waals surface area contributed by atoms with Crippen molar-refractivity contribution in [1.29, 1.82) is 0 Å². The van der Waals surface area contributed by atoms with Crippen molar-refractivity contribution in [1.82, 2.24) is 9.97 Å². The van der Waals surface area contributed by atoms with Gasteiger partial charge in [-0.1, -0.05) is 5.16 Å². The maximum absolute atomic E-state index is 5.57. The Bertz CT molecular complexity index is 497. The van der Waals surface area contributed by atoms with Gasteiger partial charge in [-0.05, 0) is 35.2 Å². The summed E-state index contributed by atoms with van der Waals surface area (Å²) < 4.78 is 11.9. The molecule has 1 unspecified atom stereocenters. The molecule has 8 heteroatoms. The summed E-state index contributed by atoms with van der Waals surface area (Å²) in [5.41, 5.74) is 0.987. The van der Waals surface area contributed by atoms with Crippen LogP contribution in [0.5, 0.6) is 0 Å². The summed E-state index contributed by atoms with van der Waals surface area (Å²) in [4.78, 5) is 15.8. The van der Waals surface area contributed by atoms with E-state index < -0.39 is 0 Å². The lowest BCUT2D eigenvalue weighted by atomic mass is 10.2. The number of anilines is 1. The quantitative estimate of drug-likeness (QED) is 0.563. The standard InChI is InChI=1S/C14H19BrN4O3/c15-11-7-16-14(17-8-11)19-9-12(10-19)18-22-6-5-21-13-3-1-2-4-20-13/h7-8,13H,1-6,9-10H2. The molecule has 0 saturated carbocycles. The predicted molar refractivity (Wildman–Crippen MR) is 84.9 cm³/mol. The number of oxime groups is 1. The van der Waals surface area contributed by atoms with Crippen molar-refractivity contribution in [3.8, 4) is 0 Å². The van der Waals surface area contributed by atoms with Gasteiger partial charge in [0.05, 0.1) is 29.9 Å². The zero-order chi connectivity index (χ0) is 15.2. The van der Waals surface area contributed by atoms with Crippen LogP contribution in [0.3, 0.4) is 0 Å². The van der Waals surface area contributed by atoms with E-state index in [0.717, 1.165) is 29.6 Å². The molecule has 0 amide bonds. The molecule has 1 aromatic heterocycles. The highest BCUT2D eigenvalue weighted by Gasteiger charge is 2.24. The average Bonchev–Trinajstić information content (AvgIpc) is 2.51. The monoisotopic (exact) mass is 370 g/mol. The van der Waals surface area contributed by atoms with E-state index in [2.05, 4.69) is 31.1 Å². The highest BCUT2D eigenvalue weighted by molar-refractivity contribution is 9.10. The number of nitrogens with zero attached hydrogens (tertiary/aromatic N) is 4. The molecular formula is C14H19BrN4O3. The molecule has 120 valence electrons. The summed E-state index contributed by atoms with van der Waals surface area (Å²) >= 11 is 3.32. The third kappa shape index (κ3) is 4.37. The van der Waals surface area contributed by atoms with Crippen LogP contribution in [0.25, 0.3) is 0 Å². The van der Waals surface area contributed by atoms with E-state index in [-0.39, 0.29) is 6.29 Å². The maximum Gasteiger partial charge on any atom is 0.226 e. The molecule has 2 aliphatic heterocycles. The summed E-state index contributed by atoms with van der Waals surface area (Å²) in [5, 5.41) is 4.09. The fraction of sp³-hybridized carbons (Fsp3) is 0.643. The van der Waals surface area contributed by atoms with E-state index in [1.54, 1.807) is 12.4 Å². The predicted octanol–water partition coefficient (Wildman–Crippen LogP) is 1.97. The van der Waals surface area contributed by atoms with E-state index in [1.807, 2.05) is 4.90 Å². The smallest absolute Gasteiger partial charge is 0.226 e. The van der Waals surface area contributed by atoms with Crippen LogP contribution in [0, 0.1) is 0 Å². The molecule has 2 saturated heterocycles. The van der Waals surface area contributed by atoms with Gasteiger partial charge in [-0.2, -0.15) is 0 Å². The van der Waals surface area contributed by atoms with Gasteiger partial charge in [-0.3, -0.25) is 0 Å². The van der Waals surface area contributed by atoms with Crippen LogP contribution < -0.4 is 4.90 Å². The Morgan fingerprint density at radius 2 is 2.09 bits per heavy atom. The molecule has 0 N–H and O–H groups in total. The highest BCUT2D eigenvalue weighted by Crippen LogP contribution is 2.16. The van der Waals surface area contributed by atoms with E-state index in [0.29, 0.717) is 32.3 Å². The van der Waals surface area contributed by atoms with Crippen LogP contribution in [-0.4, -0.2) is 54.9 Å². The minimum Gasteiger partial charge on any atom is -0.393 e. The highest BCUT2D eigenvalue weighted by atomic mass is 79.9. The number of rotatable bonds is 6. The topological polar surface area (TPSA) is 69.1 Å². The first-order valence-electron chi connectivity index (χ1n) is 7.44. The zero-order valence-electron chi connectivity index (χ0n) is 12.3. The number of hydrogen-bond donors (Lipinski definition) is 0. The molecule has 1 aromatic rings. The minimum absolute atomic E-state index is 0.0706. The van der Waals surface area contributed by atoms with Crippen LogP contribution in [0.15, 0.2) is 22.0 Å². The zero-order valence-corrected chi connectivity index (χ0v) is 13.9. The van der Waals surface area contributed by atoms with Crippen LogP contribution in [0.2, 0.25) is 0 Å². The SMILES string of the molecule is Brc1cnc(N2CC(=NOCCOC3CCCCO3)C2)nc1. The van der Waals surface area contributed by atoms with Gasteiger partial charge < -0.3 is 19.2 Å². The van der Waals surface area contributed by atoms with Crippen molar-refractivity contribution in [2.24, 2.45) is 5.16 Å². The summed E-state index contributed by atoms with van der Waals surface area (Å²) in [5.74, 6) is 0.708. The van der Waals surface area contributed by atoms with Gasteiger partial charge in [0, 0.05) is 19.0 Å². The molecule has 1 atom stereocenters. The van der Waals surface area contributed by atoms with E-state index in [1.165, 1.54) is 6.42 Å². The second-order valence-corrected chi connectivity index (χ2v) is 6.13. The number of ether oxygens (including phenoxy) is 2. The molecule has 3 rings (SSSR count). The van der Waals surface area contributed by atoms with Gasteiger partial charge in [0.1, 0.15) is 6.61 Å². The molecule has 2 aliphatic rings. The fourth-order valence-electron chi connectivity index (χ4n) is 2.26. The summed E-state index contributed by atoms with van der Waals surface area (Å²) in [7, 11) is 0. The van der Waals surface area contributed by atoms with Crippen LogP contribution >= 0.6 is 15.9 Å². The lowest BCUT2D eigenvalue weighted by Crippen LogP contribution is -2.48. The van der Waals surface area contributed by atoms with Gasteiger partial charge >= 0.3 is 0 Å². The molecule has 0 bridgehead atoms. The number of aromatic nitrogens is 2. The van der Waals surface area contributed by atoms with E-state index >= 15 is 0 Å². The van der Waals surface area contributed by atoms with Crippen molar-refractivity contribution in [3.05, 3.63) is 16.9 Å². The van der Waals surface area contributed by atoms with Gasteiger partial charge in [0.2, 0.25) is 5.95 Å². The Morgan fingerprint density at radius 1 is 1.27 bits per heavy atom. The van der Waals surface area contributed by atoms with Gasteiger partial charge in [0.25, 0.3) is 0 Å². The number of halogens is 1. The number of hydrogen-bond acceptors (Lipinski definition) is 7. The van der Waals surface area contributed by atoms with Gasteiger partial charge in [-0.25, -0.2) is 9.97 Å². The minimum atomic E-state index is -0.0706. The Labute approximate surface area is 137 Å². The van der Waals surface area contributed by atoms with Gasteiger partial charge in [0.15, 0.2) is 6.29 Å². The van der Waals surface area contributed by atoms with Crippen molar-refractivity contribution in [2.75, 3.05) is 37.8 Å².